The van der Waals surface area contributed by atoms with Crippen molar-refractivity contribution in [2.24, 2.45) is 0 Å². The number of nitrogens with zero attached hydrogens (tertiary/aromatic N) is 2. The zero-order chi connectivity index (χ0) is 38.8. The van der Waals surface area contributed by atoms with Gasteiger partial charge in [0.25, 0.3) is 5.56 Å². The Balaban J connectivity index is 1.02. The predicted octanol–water partition coefficient (Wildman–Crippen LogP) is 14.2. The van der Waals surface area contributed by atoms with Crippen molar-refractivity contribution >= 4 is 81.7 Å². The predicted molar refractivity (Wildman–Crippen MR) is 245 cm³/mol. The molecule has 0 radical (unpaired) electrons. The zero-order valence-corrected chi connectivity index (χ0v) is 31.7. The minimum Gasteiger partial charge on any atom is -0.455 e. The van der Waals surface area contributed by atoms with Crippen LogP contribution in [0.2, 0.25) is 0 Å². The number of hydrogen-bond acceptors (Lipinski definition) is 2. The summed E-state index contributed by atoms with van der Waals surface area (Å²) in [6.45, 7) is 0. The van der Waals surface area contributed by atoms with Gasteiger partial charge in [0.1, 0.15) is 11.2 Å². The van der Waals surface area contributed by atoms with E-state index in [1.165, 1.54) is 10.8 Å². The molecule has 0 fully saturated rings. The number of para-hydroxylation sites is 4. The summed E-state index contributed by atoms with van der Waals surface area (Å²) in [5, 5.41) is 9.53. The molecule has 4 nitrogen and oxygen atoms in total. The van der Waals surface area contributed by atoms with E-state index >= 15 is 0 Å². The lowest BCUT2D eigenvalue weighted by atomic mass is 9.95. The van der Waals surface area contributed by atoms with Gasteiger partial charge in [-0.05, 0) is 99.9 Å². The maximum absolute atomic E-state index is 14.3. The second-order valence-corrected chi connectivity index (χ2v) is 15.6. The van der Waals surface area contributed by atoms with Crippen molar-refractivity contribution in [3.8, 4) is 39.1 Å². The lowest BCUT2D eigenvalue weighted by Gasteiger charge is -2.13. The van der Waals surface area contributed by atoms with Crippen LogP contribution >= 0.6 is 0 Å². The molecule has 13 aromatic rings. The van der Waals surface area contributed by atoms with Crippen LogP contribution in [0.1, 0.15) is 0 Å². The fourth-order valence-electron chi connectivity index (χ4n) is 9.78. The second-order valence-electron chi connectivity index (χ2n) is 15.6. The summed E-state index contributed by atoms with van der Waals surface area (Å²) in [6, 6.07) is 68.5. The molecule has 0 unspecified atom stereocenters. The number of aromatic nitrogens is 2. The lowest BCUT2D eigenvalue weighted by Crippen LogP contribution is -2.12. The Morgan fingerprint density at radius 2 is 0.966 bits per heavy atom. The van der Waals surface area contributed by atoms with Crippen LogP contribution in [-0.2, 0) is 0 Å². The number of pyridine rings is 1. The summed E-state index contributed by atoms with van der Waals surface area (Å²) in [5.41, 5.74) is 13.7. The van der Waals surface area contributed by atoms with Crippen LogP contribution in [0.4, 0.5) is 0 Å². The first-order valence-electron chi connectivity index (χ1n) is 20.0. The fraction of sp³-hybridized carbons (Fsp3) is 0. The van der Waals surface area contributed by atoms with Crippen molar-refractivity contribution < 1.29 is 4.42 Å². The van der Waals surface area contributed by atoms with Gasteiger partial charge in [0.2, 0.25) is 0 Å². The van der Waals surface area contributed by atoms with Crippen molar-refractivity contribution in [2.75, 3.05) is 0 Å². The Kier molecular flexibility index (Phi) is 6.56. The van der Waals surface area contributed by atoms with Crippen molar-refractivity contribution in [2.45, 2.75) is 0 Å². The van der Waals surface area contributed by atoms with Crippen LogP contribution in [0.3, 0.4) is 0 Å². The molecule has 0 aliphatic carbocycles. The van der Waals surface area contributed by atoms with Crippen molar-refractivity contribution in [1.82, 2.24) is 8.97 Å². The fourth-order valence-corrected chi connectivity index (χ4v) is 9.78. The molecule has 0 bridgehead atoms. The number of furan rings is 1. The van der Waals surface area contributed by atoms with E-state index in [0.29, 0.717) is 5.39 Å². The van der Waals surface area contributed by atoms with E-state index in [1.807, 2.05) is 34.7 Å². The van der Waals surface area contributed by atoms with Gasteiger partial charge in [-0.15, -0.1) is 0 Å². The van der Waals surface area contributed by atoms with Gasteiger partial charge in [0.15, 0.2) is 0 Å². The summed E-state index contributed by atoms with van der Waals surface area (Å²) >= 11 is 0. The van der Waals surface area contributed by atoms with Gasteiger partial charge in [0.05, 0.1) is 22.1 Å². The van der Waals surface area contributed by atoms with Gasteiger partial charge in [-0.25, -0.2) is 0 Å². The van der Waals surface area contributed by atoms with Crippen LogP contribution in [0.15, 0.2) is 203 Å². The first-order chi connectivity index (χ1) is 29.2. The Labute approximate surface area is 337 Å². The van der Waals surface area contributed by atoms with E-state index < -0.39 is 0 Å². The number of benzene rings is 9. The van der Waals surface area contributed by atoms with Crippen LogP contribution in [0.25, 0.3) is 121 Å². The monoisotopic (exact) mass is 752 g/mol. The second kappa shape index (κ2) is 12.0. The van der Waals surface area contributed by atoms with Crippen LogP contribution in [0.5, 0.6) is 0 Å². The largest absolute Gasteiger partial charge is 0.455 e. The molecule has 0 atom stereocenters. The minimum absolute atomic E-state index is 0.0110. The standard InChI is InChI=1S/C55H32N2O2/c58-55-44-26-24-35(33-12-2-1-3-13-33)29-45(44)48-32-37(31-47-41-17-5-8-22-50(41)57(55)53(47)48)34-14-10-15-38(28-34)56-49-21-7-4-16-40(49)46-30-36(25-27-51(46)56)39-19-11-20-43-42-18-6-9-23-52(42)59-54(39)43/h1-32H. The minimum atomic E-state index is 0.0110. The van der Waals surface area contributed by atoms with Crippen LogP contribution in [0, 0.1) is 0 Å². The van der Waals surface area contributed by atoms with E-state index in [-0.39, 0.29) is 5.56 Å². The van der Waals surface area contributed by atoms with Gasteiger partial charge in [-0.2, -0.15) is 0 Å². The van der Waals surface area contributed by atoms with Crippen LogP contribution in [-0.4, -0.2) is 8.97 Å². The molecule has 274 valence electrons. The van der Waals surface area contributed by atoms with E-state index in [4.69, 9.17) is 4.42 Å². The summed E-state index contributed by atoms with van der Waals surface area (Å²) in [5.74, 6) is 0. The third kappa shape index (κ3) is 4.57. The van der Waals surface area contributed by atoms with Gasteiger partial charge in [-0.3, -0.25) is 9.20 Å². The topological polar surface area (TPSA) is 39.5 Å². The van der Waals surface area contributed by atoms with Gasteiger partial charge in [-0.1, -0.05) is 127 Å². The third-order valence-electron chi connectivity index (χ3n) is 12.4. The molecule has 0 amide bonds. The Morgan fingerprint density at radius 3 is 1.83 bits per heavy atom. The highest BCUT2D eigenvalue weighted by Gasteiger charge is 2.21. The molecule has 4 heterocycles. The maximum atomic E-state index is 14.3. The van der Waals surface area contributed by atoms with Crippen LogP contribution < -0.4 is 5.56 Å². The van der Waals surface area contributed by atoms with E-state index in [0.717, 1.165) is 105 Å². The smallest absolute Gasteiger partial charge is 0.263 e. The first-order valence-corrected chi connectivity index (χ1v) is 20.0. The van der Waals surface area contributed by atoms with E-state index in [9.17, 15) is 4.79 Å². The van der Waals surface area contributed by atoms with Crippen molar-refractivity contribution in [3.63, 3.8) is 0 Å². The summed E-state index contributed by atoms with van der Waals surface area (Å²) in [4.78, 5) is 14.3. The SMILES string of the molecule is O=c1c2ccc(-c3ccccc3)cc2c2cc(-c3cccc(-n4c5ccccc5c5cc(-c6cccc7c6oc6ccccc67)ccc54)c3)cc3c4ccccc4n1c23. The molecule has 59 heavy (non-hydrogen) atoms. The summed E-state index contributed by atoms with van der Waals surface area (Å²) < 4.78 is 10.8. The van der Waals surface area contributed by atoms with Crippen molar-refractivity contribution in [1.29, 1.82) is 0 Å². The molecule has 9 aromatic carbocycles. The summed E-state index contributed by atoms with van der Waals surface area (Å²) in [6.07, 6.45) is 0. The molecular formula is C55H32N2O2. The zero-order valence-electron chi connectivity index (χ0n) is 31.7. The normalized spacial score (nSPS) is 12.1. The Hall–Kier alpha value is -7.95. The molecule has 4 aromatic heterocycles. The third-order valence-corrected chi connectivity index (χ3v) is 12.4. The molecule has 0 aliphatic rings. The molecule has 0 N–H and O–H groups in total. The van der Waals surface area contributed by atoms with Crippen molar-refractivity contribution in [3.05, 3.63) is 204 Å². The molecule has 0 spiro atoms. The summed E-state index contributed by atoms with van der Waals surface area (Å²) in [7, 11) is 0. The van der Waals surface area contributed by atoms with E-state index in [1.54, 1.807) is 0 Å². The highest BCUT2D eigenvalue weighted by Crippen LogP contribution is 2.42. The number of rotatable bonds is 4. The molecule has 0 saturated heterocycles. The van der Waals surface area contributed by atoms with E-state index in [2.05, 4.69) is 168 Å². The van der Waals surface area contributed by atoms with Gasteiger partial charge < -0.3 is 8.98 Å². The molecule has 0 aliphatic heterocycles. The Morgan fingerprint density at radius 1 is 0.356 bits per heavy atom. The number of hydrogen-bond donors (Lipinski definition) is 0. The number of fused-ring (bicyclic) bond motifs is 11. The molecule has 0 saturated carbocycles. The molecule has 4 heteroatoms. The molecule has 13 rings (SSSR count). The molecular weight excluding hydrogens is 721 g/mol. The average Bonchev–Trinajstić information content (AvgIpc) is 3.96. The van der Waals surface area contributed by atoms with Gasteiger partial charge in [0, 0.05) is 54.3 Å². The maximum Gasteiger partial charge on any atom is 0.263 e. The quantitative estimate of drug-likeness (QED) is 0.168. The highest BCUT2D eigenvalue weighted by molar-refractivity contribution is 6.22. The Bertz CT molecular complexity index is 3920. The highest BCUT2D eigenvalue weighted by atomic mass is 16.3. The van der Waals surface area contributed by atoms with Gasteiger partial charge >= 0.3 is 0 Å². The first kappa shape index (κ1) is 32.2. The lowest BCUT2D eigenvalue weighted by molar-refractivity contribution is 0.670. The average molecular weight is 753 g/mol.